The SMILES string of the molecule is Nc1cccc(-c2nn3c(-c4cccnc4)nnc3s2)n1. The van der Waals surface area contributed by atoms with Gasteiger partial charge in [0.25, 0.3) is 0 Å². The smallest absolute Gasteiger partial charge is 0.235 e. The quantitative estimate of drug-likeness (QED) is 0.607. The number of hydrogen-bond acceptors (Lipinski definition) is 7. The maximum absolute atomic E-state index is 5.71. The van der Waals surface area contributed by atoms with Crippen molar-refractivity contribution in [3.05, 3.63) is 42.7 Å². The molecule has 0 unspecified atom stereocenters. The molecule has 0 spiro atoms. The Morgan fingerprint density at radius 2 is 2.05 bits per heavy atom. The molecule has 0 atom stereocenters. The topological polar surface area (TPSA) is 94.9 Å². The van der Waals surface area contributed by atoms with Gasteiger partial charge in [-0.15, -0.1) is 10.2 Å². The highest BCUT2D eigenvalue weighted by Crippen LogP contribution is 2.26. The van der Waals surface area contributed by atoms with Crippen molar-refractivity contribution in [2.45, 2.75) is 0 Å². The molecule has 0 amide bonds. The lowest BCUT2D eigenvalue weighted by molar-refractivity contribution is 0.965. The van der Waals surface area contributed by atoms with E-state index in [1.807, 2.05) is 24.3 Å². The molecule has 4 aromatic rings. The van der Waals surface area contributed by atoms with Gasteiger partial charge in [-0.05, 0) is 24.3 Å². The number of nitrogens with zero attached hydrogens (tertiary/aromatic N) is 6. The van der Waals surface area contributed by atoms with E-state index in [1.54, 1.807) is 23.0 Å². The minimum atomic E-state index is 0.464. The molecule has 102 valence electrons. The van der Waals surface area contributed by atoms with Gasteiger partial charge in [0.2, 0.25) is 4.96 Å². The first-order valence-electron chi connectivity index (χ1n) is 6.17. The molecule has 4 aromatic heterocycles. The van der Waals surface area contributed by atoms with Crippen LogP contribution in [0.5, 0.6) is 0 Å². The standard InChI is InChI=1S/C13H9N7S/c14-10-5-1-4-9(16-10)12-19-20-11(17-18-13(20)21-12)8-3-2-6-15-7-8/h1-7H,(H2,14,16). The fraction of sp³-hybridized carbons (Fsp3) is 0. The first-order chi connectivity index (χ1) is 10.3. The summed E-state index contributed by atoms with van der Waals surface area (Å²) >= 11 is 1.41. The average molecular weight is 295 g/mol. The molecule has 4 rings (SSSR count). The van der Waals surface area contributed by atoms with E-state index in [9.17, 15) is 0 Å². The van der Waals surface area contributed by atoms with Crippen LogP contribution < -0.4 is 5.73 Å². The van der Waals surface area contributed by atoms with E-state index in [1.165, 1.54) is 11.3 Å². The highest BCUT2D eigenvalue weighted by Gasteiger charge is 2.15. The van der Waals surface area contributed by atoms with Crippen LogP contribution in [0.15, 0.2) is 42.7 Å². The molecular formula is C13H9N7S. The molecule has 0 bridgehead atoms. The monoisotopic (exact) mass is 295 g/mol. The minimum absolute atomic E-state index is 0.464. The molecule has 7 nitrogen and oxygen atoms in total. The average Bonchev–Trinajstić information content (AvgIpc) is 3.08. The second-order valence-electron chi connectivity index (χ2n) is 4.31. The summed E-state index contributed by atoms with van der Waals surface area (Å²) in [6, 6.07) is 9.23. The summed E-state index contributed by atoms with van der Waals surface area (Å²) < 4.78 is 1.70. The number of nitrogen functional groups attached to an aromatic ring is 1. The van der Waals surface area contributed by atoms with Gasteiger partial charge in [-0.1, -0.05) is 17.4 Å². The molecule has 0 aliphatic rings. The molecule has 8 heteroatoms. The first-order valence-corrected chi connectivity index (χ1v) is 6.98. The van der Waals surface area contributed by atoms with Crippen LogP contribution >= 0.6 is 11.3 Å². The van der Waals surface area contributed by atoms with E-state index in [0.717, 1.165) is 16.3 Å². The van der Waals surface area contributed by atoms with Crippen LogP contribution in [0.4, 0.5) is 5.82 Å². The van der Waals surface area contributed by atoms with Gasteiger partial charge in [0.1, 0.15) is 11.5 Å². The summed E-state index contributed by atoms with van der Waals surface area (Å²) in [5.41, 5.74) is 7.30. The molecule has 2 N–H and O–H groups in total. The summed E-state index contributed by atoms with van der Waals surface area (Å²) in [6.45, 7) is 0. The molecule has 0 saturated carbocycles. The number of fused-ring (bicyclic) bond motifs is 1. The summed E-state index contributed by atoms with van der Waals surface area (Å²) in [6.07, 6.45) is 3.44. The number of rotatable bonds is 2. The van der Waals surface area contributed by atoms with Crippen LogP contribution in [0, 0.1) is 0 Å². The van der Waals surface area contributed by atoms with Gasteiger partial charge < -0.3 is 5.73 Å². The van der Waals surface area contributed by atoms with Crippen LogP contribution in [0.25, 0.3) is 27.1 Å². The van der Waals surface area contributed by atoms with Gasteiger partial charge in [0, 0.05) is 18.0 Å². The van der Waals surface area contributed by atoms with Crippen molar-refractivity contribution < 1.29 is 0 Å². The maximum Gasteiger partial charge on any atom is 0.235 e. The minimum Gasteiger partial charge on any atom is -0.384 e. The number of anilines is 1. The normalized spacial score (nSPS) is 11.0. The lowest BCUT2D eigenvalue weighted by Crippen LogP contribution is -1.93. The van der Waals surface area contributed by atoms with Crippen molar-refractivity contribution in [1.82, 2.24) is 29.8 Å². The molecule has 0 fully saturated rings. The Bertz CT molecular complexity index is 913. The largest absolute Gasteiger partial charge is 0.384 e. The Morgan fingerprint density at radius 1 is 1.10 bits per heavy atom. The molecule has 21 heavy (non-hydrogen) atoms. The van der Waals surface area contributed by atoms with Gasteiger partial charge in [0.15, 0.2) is 10.8 Å². The zero-order valence-corrected chi connectivity index (χ0v) is 11.5. The fourth-order valence-electron chi connectivity index (χ4n) is 1.97. The van der Waals surface area contributed by atoms with Gasteiger partial charge in [-0.2, -0.15) is 9.61 Å². The van der Waals surface area contributed by atoms with Crippen LogP contribution in [0.1, 0.15) is 0 Å². The van der Waals surface area contributed by atoms with Crippen molar-refractivity contribution >= 4 is 22.1 Å². The molecule has 0 aromatic carbocycles. The first kappa shape index (κ1) is 11.9. The van der Waals surface area contributed by atoms with Gasteiger partial charge in [-0.3, -0.25) is 4.98 Å². The van der Waals surface area contributed by atoms with E-state index in [4.69, 9.17) is 5.73 Å². The lowest BCUT2D eigenvalue weighted by Gasteiger charge is -1.96. The fourth-order valence-corrected chi connectivity index (χ4v) is 2.78. The zero-order chi connectivity index (χ0) is 14.2. The number of hydrogen-bond donors (Lipinski definition) is 1. The summed E-state index contributed by atoms with van der Waals surface area (Å²) in [4.78, 5) is 9.06. The highest BCUT2D eigenvalue weighted by molar-refractivity contribution is 7.19. The van der Waals surface area contributed by atoms with Crippen LogP contribution in [-0.4, -0.2) is 29.8 Å². The summed E-state index contributed by atoms with van der Waals surface area (Å²) in [7, 11) is 0. The molecule has 0 aliphatic carbocycles. The summed E-state index contributed by atoms with van der Waals surface area (Å²) in [5, 5.41) is 13.6. The molecule has 4 heterocycles. The van der Waals surface area contributed by atoms with Crippen molar-refractivity contribution in [2.75, 3.05) is 5.73 Å². The summed E-state index contributed by atoms with van der Waals surface area (Å²) in [5.74, 6) is 1.12. The molecular weight excluding hydrogens is 286 g/mol. The second-order valence-corrected chi connectivity index (χ2v) is 5.27. The zero-order valence-electron chi connectivity index (χ0n) is 10.7. The Hall–Kier alpha value is -2.87. The Morgan fingerprint density at radius 3 is 2.86 bits per heavy atom. The second kappa shape index (κ2) is 4.60. The maximum atomic E-state index is 5.71. The van der Waals surface area contributed by atoms with E-state index in [-0.39, 0.29) is 0 Å². The van der Waals surface area contributed by atoms with Gasteiger partial charge >= 0.3 is 0 Å². The third-order valence-electron chi connectivity index (χ3n) is 2.90. The Balaban J connectivity index is 1.87. The third-order valence-corrected chi connectivity index (χ3v) is 3.82. The van der Waals surface area contributed by atoms with Gasteiger partial charge in [0.05, 0.1) is 0 Å². The van der Waals surface area contributed by atoms with Crippen molar-refractivity contribution in [1.29, 1.82) is 0 Å². The molecule has 0 aliphatic heterocycles. The van der Waals surface area contributed by atoms with E-state index in [0.29, 0.717) is 16.6 Å². The predicted molar refractivity (Wildman–Crippen MR) is 79.5 cm³/mol. The van der Waals surface area contributed by atoms with Crippen molar-refractivity contribution in [2.24, 2.45) is 0 Å². The lowest BCUT2D eigenvalue weighted by atomic mass is 10.3. The molecule has 0 saturated heterocycles. The van der Waals surface area contributed by atoms with E-state index in [2.05, 4.69) is 25.3 Å². The Kier molecular flexibility index (Phi) is 2.61. The molecule has 0 radical (unpaired) electrons. The number of aromatic nitrogens is 6. The van der Waals surface area contributed by atoms with Crippen LogP contribution in [0.3, 0.4) is 0 Å². The number of nitrogens with two attached hydrogens (primary N) is 1. The van der Waals surface area contributed by atoms with Crippen LogP contribution in [0.2, 0.25) is 0 Å². The van der Waals surface area contributed by atoms with Crippen LogP contribution in [-0.2, 0) is 0 Å². The Labute approximate surface area is 123 Å². The third kappa shape index (κ3) is 2.01. The number of pyridine rings is 2. The van der Waals surface area contributed by atoms with Gasteiger partial charge in [-0.25, -0.2) is 4.98 Å². The highest BCUT2D eigenvalue weighted by atomic mass is 32.1. The van der Waals surface area contributed by atoms with Crippen molar-refractivity contribution in [3.8, 4) is 22.1 Å². The predicted octanol–water partition coefficient (Wildman–Crippen LogP) is 1.89. The van der Waals surface area contributed by atoms with Crippen molar-refractivity contribution in [3.63, 3.8) is 0 Å². The van der Waals surface area contributed by atoms with E-state index >= 15 is 0 Å². The van der Waals surface area contributed by atoms with E-state index < -0.39 is 0 Å².